The van der Waals surface area contributed by atoms with Gasteiger partial charge in [-0.15, -0.1) is 0 Å². The molecule has 0 fully saturated rings. The first-order valence-corrected chi connectivity index (χ1v) is 13.8. The summed E-state index contributed by atoms with van der Waals surface area (Å²) >= 11 is 6.12. The average molecular weight is 609 g/mol. The van der Waals surface area contributed by atoms with Crippen molar-refractivity contribution in [3.8, 4) is 51.3 Å². The summed E-state index contributed by atoms with van der Waals surface area (Å²) in [4.78, 5) is 17.0. The van der Waals surface area contributed by atoms with Crippen molar-refractivity contribution >= 4 is 23.3 Å². The van der Waals surface area contributed by atoms with Crippen molar-refractivity contribution in [2.45, 2.75) is 0 Å². The summed E-state index contributed by atoms with van der Waals surface area (Å²) in [6.07, 6.45) is 0. The van der Waals surface area contributed by atoms with Gasteiger partial charge >= 0.3 is 0 Å². The van der Waals surface area contributed by atoms with Crippen molar-refractivity contribution in [3.63, 3.8) is 0 Å². The summed E-state index contributed by atoms with van der Waals surface area (Å²) in [6, 6.07) is 32.0. The Morgan fingerprint density at radius 2 is 1.34 bits per heavy atom. The van der Waals surface area contributed by atoms with Crippen molar-refractivity contribution in [2.24, 2.45) is 0 Å². The van der Waals surface area contributed by atoms with E-state index in [-0.39, 0.29) is 5.91 Å². The minimum atomic E-state index is -0.326. The van der Waals surface area contributed by atoms with Crippen LogP contribution in [0.4, 0.5) is 5.82 Å². The van der Waals surface area contributed by atoms with Crippen LogP contribution in [0.5, 0.6) is 17.2 Å². The van der Waals surface area contributed by atoms with E-state index in [1.165, 1.54) is 21.3 Å². The van der Waals surface area contributed by atoms with Crippen molar-refractivity contribution in [3.05, 3.63) is 114 Å². The fourth-order valence-corrected chi connectivity index (χ4v) is 4.52. The van der Waals surface area contributed by atoms with Crippen LogP contribution in [0.3, 0.4) is 0 Å². The number of aromatic amines is 2. The summed E-state index contributed by atoms with van der Waals surface area (Å²) in [5.41, 5.74) is 3.90. The second-order valence-corrected chi connectivity index (χ2v) is 9.66. The first kappa shape index (κ1) is 29.9. The van der Waals surface area contributed by atoms with Gasteiger partial charge < -0.3 is 19.5 Å². The van der Waals surface area contributed by atoms with Gasteiger partial charge in [0.1, 0.15) is 5.82 Å². The molecule has 0 aliphatic heterocycles. The van der Waals surface area contributed by atoms with Crippen molar-refractivity contribution in [2.75, 3.05) is 26.6 Å². The van der Waals surface area contributed by atoms with E-state index >= 15 is 0 Å². The monoisotopic (exact) mass is 608 g/mol. The molecule has 44 heavy (non-hydrogen) atoms. The van der Waals surface area contributed by atoms with Gasteiger partial charge in [0.2, 0.25) is 5.75 Å². The Labute approximate surface area is 259 Å². The SMILES string of the molecule is COc1cc(C(=O)Nc2cc(-c3ccccc3)n[nH]2)cc(OC)c1OC.Clc1ccccc1-c1n[nH]c(-c2ccccc2)n1. The normalized spacial score (nSPS) is 10.4. The number of amides is 1. The van der Waals surface area contributed by atoms with Crippen molar-refractivity contribution < 1.29 is 19.0 Å². The lowest BCUT2D eigenvalue weighted by molar-refractivity contribution is 0.102. The summed E-state index contributed by atoms with van der Waals surface area (Å²) in [6.45, 7) is 0. The van der Waals surface area contributed by atoms with E-state index in [0.29, 0.717) is 39.5 Å². The zero-order valence-electron chi connectivity index (χ0n) is 24.2. The van der Waals surface area contributed by atoms with Crippen LogP contribution in [0, 0.1) is 0 Å². The highest BCUT2D eigenvalue weighted by molar-refractivity contribution is 6.33. The smallest absolute Gasteiger partial charge is 0.257 e. The molecule has 0 spiro atoms. The lowest BCUT2D eigenvalue weighted by atomic mass is 10.1. The standard InChI is InChI=1S/C19H19N3O4.C14H10ClN3/c1-24-15-9-13(10-16(25-2)18(15)26-3)19(23)20-17-11-14(21-22-17)12-7-5-4-6-8-12;15-12-9-5-4-8-11(12)14-16-13(17-18-14)10-6-2-1-3-7-10/h4-11H,1-3H3,(H2,20,21,22,23);1-9H,(H,16,17,18). The Morgan fingerprint density at radius 3 is 1.95 bits per heavy atom. The minimum absolute atomic E-state index is 0.326. The number of ether oxygens (including phenoxy) is 3. The molecule has 6 aromatic rings. The zero-order chi connectivity index (χ0) is 30.9. The minimum Gasteiger partial charge on any atom is -0.493 e. The van der Waals surface area contributed by atoms with E-state index in [1.807, 2.05) is 84.9 Å². The van der Waals surface area contributed by atoms with E-state index in [1.54, 1.807) is 18.2 Å². The number of H-pyrrole nitrogens is 2. The van der Waals surface area contributed by atoms with Crippen LogP contribution >= 0.6 is 11.6 Å². The van der Waals surface area contributed by atoms with E-state index in [0.717, 1.165) is 28.2 Å². The number of aromatic nitrogens is 5. The molecule has 0 saturated heterocycles. The van der Waals surface area contributed by atoms with Crippen LogP contribution in [0.1, 0.15) is 10.4 Å². The Kier molecular flexibility index (Phi) is 9.53. The molecule has 6 rings (SSSR count). The Balaban J connectivity index is 0.000000186. The van der Waals surface area contributed by atoms with Crippen LogP contribution in [-0.4, -0.2) is 52.6 Å². The van der Waals surface area contributed by atoms with Crippen LogP contribution in [0.15, 0.2) is 103 Å². The third kappa shape index (κ3) is 6.88. The summed E-state index contributed by atoms with van der Waals surface area (Å²) in [5, 5.41) is 17.6. The van der Waals surface area contributed by atoms with Gasteiger partial charge in [-0.05, 0) is 24.3 Å². The Hall–Kier alpha value is -5.61. The first-order valence-electron chi connectivity index (χ1n) is 13.5. The average Bonchev–Trinajstić information content (AvgIpc) is 3.76. The van der Waals surface area contributed by atoms with Crippen LogP contribution in [0.2, 0.25) is 5.02 Å². The van der Waals surface area contributed by atoms with E-state index in [9.17, 15) is 4.79 Å². The van der Waals surface area contributed by atoms with Gasteiger partial charge in [0.25, 0.3) is 5.91 Å². The number of halogens is 1. The molecule has 0 bridgehead atoms. The maximum Gasteiger partial charge on any atom is 0.257 e. The molecule has 0 aliphatic rings. The number of nitrogens with zero attached hydrogens (tertiary/aromatic N) is 3. The third-order valence-corrected chi connectivity index (χ3v) is 6.80. The highest BCUT2D eigenvalue weighted by Gasteiger charge is 2.18. The molecular weight excluding hydrogens is 580 g/mol. The second-order valence-electron chi connectivity index (χ2n) is 9.25. The van der Waals surface area contributed by atoms with Gasteiger partial charge in [-0.2, -0.15) is 10.2 Å². The Morgan fingerprint density at radius 1 is 0.727 bits per heavy atom. The summed E-state index contributed by atoms with van der Waals surface area (Å²) in [5.74, 6) is 2.76. The van der Waals surface area contributed by atoms with E-state index in [2.05, 4.69) is 30.7 Å². The molecule has 4 aromatic carbocycles. The maximum atomic E-state index is 12.6. The van der Waals surface area contributed by atoms with Crippen molar-refractivity contribution in [1.29, 1.82) is 0 Å². The second kappa shape index (κ2) is 14.0. The molecule has 0 atom stereocenters. The molecule has 10 nitrogen and oxygen atoms in total. The molecule has 1 amide bonds. The number of hydrogen-bond acceptors (Lipinski definition) is 7. The first-order chi connectivity index (χ1) is 21.5. The fourth-order valence-electron chi connectivity index (χ4n) is 4.30. The van der Waals surface area contributed by atoms with Crippen molar-refractivity contribution in [1.82, 2.24) is 25.4 Å². The van der Waals surface area contributed by atoms with Gasteiger partial charge in [-0.1, -0.05) is 84.4 Å². The highest BCUT2D eigenvalue weighted by atomic mass is 35.5. The Bertz CT molecular complexity index is 1810. The number of anilines is 1. The largest absolute Gasteiger partial charge is 0.493 e. The molecule has 0 aliphatic carbocycles. The molecule has 222 valence electrons. The molecule has 11 heteroatoms. The van der Waals surface area contributed by atoms with Gasteiger partial charge in [0, 0.05) is 28.3 Å². The molecule has 3 N–H and O–H groups in total. The summed E-state index contributed by atoms with van der Waals surface area (Å²) < 4.78 is 15.8. The van der Waals surface area contributed by atoms with Crippen LogP contribution in [-0.2, 0) is 0 Å². The quantitative estimate of drug-likeness (QED) is 0.167. The predicted octanol–water partition coefficient (Wildman–Crippen LogP) is 7.15. The molecule has 0 saturated carbocycles. The number of rotatable bonds is 8. The molecular formula is C33H29ClN6O4. The van der Waals surface area contributed by atoms with E-state index < -0.39 is 0 Å². The highest BCUT2D eigenvalue weighted by Crippen LogP contribution is 2.38. The number of carbonyl (C=O) groups is 1. The lowest BCUT2D eigenvalue weighted by Crippen LogP contribution is -2.13. The number of methoxy groups -OCH3 is 3. The fraction of sp³-hybridized carbons (Fsp3) is 0.0909. The van der Waals surface area contributed by atoms with Crippen LogP contribution < -0.4 is 19.5 Å². The number of carbonyl (C=O) groups excluding carboxylic acids is 1. The van der Waals surface area contributed by atoms with E-state index in [4.69, 9.17) is 25.8 Å². The molecule has 2 heterocycles. The molecule has 0 radical (unpaired) electrons. The van der Waals surface area contributed by atoms with Gasteiger partial charge in [-0.3, -0.25) is 15.0 Å². The van der Waals surface area contributed by atoms with Gasteiger partial charge in [0.05, 0.1) is 32.0 Å². The molecule has 2 aromatic heterocycles. The maximum absolute atomic E-state index is 12.6. The zero-order valence-corrected chi connectivity index (χ0v) is 24.9. The molecule has 0 unspecified atom stereocenters. The third-order valence-electron chi connectivity index (χ3n) is 6.47. The lowest BCUT2D eigenvalue weighted by Gasteiger charge is -2.13. The van der Waals surface area contributed by atoms with Gasteiger partial charge in [0.15, 0.2) is 23.1 Å². The van der Waals surface area contributed by atoms with Gasteiger partial charge in [-0.25, -0.2) is 4.98 Å². The number of nitrogens with one attached hydrogen (secondary N) is 3. The topological polar surface area (TPSA) is 127 Å². The van der Waals surface area contributed by atoms with Crippen LogP contribution in [0.25, 0.3) is 34.0 Å². The number of benzene rings is 4. The number of hydrogen-bond donors (Lipinski definition) is 3. The summed E-state index contributed by atoms with van der Waals surface area (Å²) in [7, 11) is 4.51. The predicted molar refractivity (Wildman–Crippen MR) is 170 cm³/mol.